The molecule has 0 spiro atoms. The SMILES string of the molecule is O=C1CCCc2c(Cl)cc(Oc3ccccc3)nc21. The zero-order chi connectivity index (χ0) is 13.2. The van der Waals surface area contributed by atoms with Gasteiger partial charge >= 0.3 is 0 Å². The van der Waals surface area contributed by atoms with Crippen LogP contribution in [0.15, 0.2) is 36.4 Å². The van der Waals surface area contributed by atoms with E-state index in [1.54, 1.807) is 6.07 Å². The molecule has 0 radical (unpaired) electrons. The van der Waals surface area contributed by atoms with Crippen LogP contribution in [0.25, 0.3) is 0 Å². The van der Waals surface area contributed by atoms with Crippen LogP contribution in [0.3, 0.4) is 0 Å². The van der Waals surface area contributed by atoms with Gasteiger partial charge in [-0.15, -0.1) is 0 Å². The van der Waals surface area contributed by atoms with Crippen LogP contribution in [0.2, 0.25) is 5.02 Å². The van der Waals surface area contributed by atoms with Gasteiger partial charge in [0.05, 0.1) is 5.02 Å². The van der Waals surface area contributed by atoms with Crippen molar-refractivity contribution < 1.29 is 9.53 Å². The number of hydrogen-bond donors (Lipinski definition) is 0. The van der Waals surface area contributed by atoms with Crippen molar-refractivity contribution in [1.29, 1.82) is 0 Å². The number of ether oxygens (including phenoxy) is 1. The summed E-state index contributed by atoms with van der Waals surface area (Å²) in [7, 11) is 0. The fraction of sp³-hybridized carbons (Fsp3) is 0.200. The second-order valence-corrected chi connectivity index (χ2v) is 4.87. The highest BCUT2D eigenvalue weighted by Crippen LogP contribution is 2.31. The van der Waals surface area contributed by atoms with Crippen LogP contribution >= 0.6 is 11.6 Å². The number of aromatic nitrogens is 1. The van der Waals surface area contributed by atoms with E-state index in [0.717, 1.165) is 18.4 Å². The van der Waals surface area contributed by atoms with Crippen LogP contribution in [0.4, 0.5) is 0 Å². The van der Waals surface area contributed by atoms with Crippen LogP contribution < -0.4 is 4.74 Å². The highest BCUT2D eigenvalue weighted by molar-refractivity contribution is 6.32. The van der Waals surface area contributed by atoms with Gasteiger partial charge in [-0.05, 0) is 25.0 Å². The Kier molecular flexibility index (Phi) is 3.22. The quantitative estimate of drug-likeness (QED) is 0.829. The Morgan fingerprint density at radius 3 is 2.74 bits per heavy atom. The summed E-state index contributed by atoms with van der Waals surface area (Å²) < 4.78 is 5.63. The van der Waals surface area contributed by atoms with Crippen molar-refractivity contribution in [3.8, 4) is 11.6 Å². The molecule has 0 unspecified atom stereocenters. The number of halogens is 1. The molecule has 0 saturated heterocycles. The van der Waals surface area contributed by atoms with Crippen LogP contribution in [0.1, 0.15) is 28.9 Å². The third-order valence-corrected chi connectivity index (χ3v) is 3.44. The van der Waals surface area contributed by atoms with Gasteiger partial charge in [-0.25, -0.2) is 4.98 Å². The van der Waals surface area contributed by atoms with Crippen molar-refractivity contribution in [2.75, 3.05) is 0 Å². The van der Waals surface area contributed by atoms with Crippen molar-refractivity contribution in [3.05, 3.63) is 52.7 Å². The number of nitrogens with zero attached hydrogens (tertiary/aromatic N) is 1. The van der Waals surface area contributed by atoms with E-state index in [1.807, 2.05) is 30.3 Å². The fourth-order valence-corrected chi connectivity index (χ4v) is 2.47. The minimum absolute atomic E-state index is 0.0432. The summed E-state index contributed by atoms with van der Waals surface area (Å²) in [5.41, 5.74) is 1.31. The molecule has 0 atom stereocenters. The highest BCUT2D eigenvalue weighted by atomic mass is 35.5. The zero-order valence-corrected chi connectivity index (χ0v) is 11.0. The molecule has 3 nitrogen and oxygen atoms in total. The first-order valence-corrected chi connectivity index (χ1v) is 6.57. The van der Waals surface area contributed by atoms with E-state index < -0.39 is 0 Å². The number of pyridine rings is 1. The Bertz CT molecular complexity index is 626. The minimum Gasteiger partial charge on any atom is -0.439 e. The van der Waals surface area contributed by atoms with E-state index in [2.05, 4.69) is 4.98 Å². The predicted octanol–water partition coefficient (Wildman–Crippen LogP) is 4.05. The van der Waals surface area contributed by atoms with Crippen molar-refractivity contribution in [3.63, 3.8) is 0 Å². The van der Waals surface area contributed by atoms with Crippen LogP contribution in [0, 0.1) is 0 Å². The average Bonchev–Trinajstić information content (AvgIpc) is 2.41. The third kappa shape index (κ3) is 2.47. The Balaban J connectivity index is 1.98. The molecule has 19 heavy (non-hydrogen) atoms. The molecule has 0 N–H and O–H groups in total. The Labute approximate surface area is 116 Å². The molecule has 96 valence electrons. The molecular weight excluding hydrogens is 262 g/mol. The summed E-state index contributed by atoms with van der Waals surface area (Å²) in [6.07, 6.45) is 2.18. The lowest BCUT2D eigenvalue weighted by Gasteiger charge is -2.16. The Morgan fingerprint density at radius 1 is 1.16 bits per heavy atom. The summed E-state index contributed by atoms with van der Waals surface area (Å²) >= 11 is 6.21. The van der Waals surface area contributed by atoms with Crippen molar-refractivity contribution in [2.24, 2.45) is 0 Å². The summed E-state index contributed by atoms with van der Waals surface area (Å²) in [6, 6.07) is 11.0. The smallest absolute Gasteiger partial charge is 0.221 e. The van der Waals surface area contributed by atoms with E-state index >= 15 is 0 Å². The molecule has 1 aliphatic rings. The number of carbonyl (C=O) groups is 1. The maximum absolute atomic E-state index is 11.9. The number of Topliss-reactive ketones (excluding diaryl/α,β-unsaturated/α-hetero) is 1. The second-order valence-electron chi connectivity index (χ2n) is 4.46. The van der Waals surface area contributed by atoms with Crippen LogP contribution in [-0.2, 0) is 6.42 Å². The Hall–Kier alpha value is -1.87. The van der Waals surface area contributed by atoms with Crippen molar-refractivity contribution in [2.45, 2.75) is 19.3 Å². The average molecular weight is 274 g/mol. The third-order valence-electron chi connectivity index (χ3n) is 3.11. The minimum atomic E-state index is 0.0432. The lowest BCUT2D eigenvalue weighted by atomic mass is 9.95. The molecular formula is C15H12ClNO2. The summed E-state index contributed by atoms with van der Waals surface area (Å²) in [6.45, 7) is 0. The van der Waals surface area contributed by atoms with Gasteiger partial charge in [0.15, 0.2) is 5.78 Å². The van der Waals surface area contributed by atoms with Gasteiger partial charge in [0.2, 0.25) is 5.88 Å². The lowest BCUT2D eigenvalue weighted by molar-refractivity contribution is 0.0966. The summed E-state index contributed by atoms with van der Waals surface area (Å²) in [5.74, 6) is 1.08. The van der Waals surface area contributed by atoms with Gasteiger partial charge in [-0.1, -0.05) is 29.8 Å². The first-order valence-electron chi connectivity index (χ1n) is 6.19. The Morgan fingerprint density at radius 2 is 1.95 bits per heavy atom. The molecule has 1 heterocycles. The van der Waals surface area contributed by atoms with E-state index in [1.165, 1.54) is 0 Å². The maximum Gasteiger partial charge on any atom is 0.221 e. The van der Waals surface area contributed by atoms with E-state index in [9.17, 15) is 4.79 Å². The number of carbonyl (C=O) groups excluding carboxylic acids is 1. The maximum atomic E-state index is 11.9. The largest absolute Gasteiger partial charge is 0.439 e. The number of benzene rings is 1. The highest BCUT2D eigenvalue weighted by Gasteiger charge is 2.22. The van der Waals surface area contributed by atoms with Gasteiger partial charge in [0, 0.05) is 18.1 Å². The van der Waals surface area contributed by atoms with Gasteiger partial charge in [0.25, 0.3) is 0 Å². The molecule has 4 heteroatoms. The molecule has 0 saturated carbocycles. The number of para-hydroxylation sites is 1. The normalized spacial score (nSPS) is 14.1. The molecule has 0 bridgehead atoms. The molecule has 1 aromatic heterocycles. The van der Waals surface area contributed by atoms with E-state index in [-0.39, 0.29) is 5.78 Å². The molecule has 3 rings (SSSR count). The van der Waals surface area contributed by atoms with Gasteiger partial charge in [-0.3, -0.25) is 4.79 Å². The fourth-order valence-electron chi connectivity index (χ4n) is 2.19. The van der Waals surface area contributed by atoms with Gasteiger partial charge in [0.1, 0.15) is 11.4 Å². The van der Waals surface area contributed by atoms with E-state index in [0.29, 0.717) is 28.8 Å². The van der Waals surface area contributed by atoms with Crippen molar-refractivity contribution in [1.82, 2.24) is 4.98 Å². The molecule has 1 aromatic carbocycles. The number of hydrogen-bond acceptors (Lipinski definition) is 3. The number of fused-ring (bicyclic) bond motifs is 1. The molecule has 1 aliphatic carbocycles. The van der Waals surface area contributed by atoms with Crippen LogP contribution in [-0.4, -0.2) is 10.8 Å². The first-order chi connectivity index (χ1) is 9.24. The second kappa shape index (κ2) is 5.02. The zero-order valence-electron chi connectivity index (χ0n) is 10.2. The van der Waals surface area contributed by atoms with Gasteiger partial charge in [-0.2, -0.15) is 0 Å². The molecule has 0 amide bonds. The lowest BCUT2D eigenvalue weighted by Crippen LogP contribution is -2.14. The molecule has 0 fully saturated rings. The standard InChI is InChI=1S/C15H12ClNO2/c16-12-9-14(19-10-5-2-1-3-6-10)17-15-11(12)7-4-8-13(15)18/h1-3,5-6,9H,4,7-8H2. The monoisotopic (exact) mass is 273 g/mol. The van der Waals surface area contributed by atoms with E-state index in [4.69, 9.17) is 16.3 Å². The molecule has 0 aliphatic heterocycles. The number of rotatable bonds is 2. The van der Waals surface area contributed by atoms with Crippen molar-refractivity contribution >= 4 is 17.4 Å². The van der Waals surface area contributed by atoms with Crippen LogP contribution in [0.5, 0.6) is 11.6 Å². The first kappa shape index (κ1) is 12.2. The topological polar surface area (TPSA) is 39.2 Å². The molecule has 2 aromatic rings. The predicted molar refractivity (Wildman–Crippen MR) is 73.0 cm³/mol. The van der Waals surface area contributed by atoms with Gasteiger partial charge < -0.3 is 4.74 Å². The summed E-state index contributed by atoms with van der Waals surface area (Å²) in [5, 5.41) is 0.559. The number of ketones is 1. The summed E-state index contributed by atoms with van der Waals surface area (Å²) in [4.78, 5) is 16.2.